The Morgan fingerprint density at radius 3 is 2.40 bits per heavy atom. The quantitative estimate of drug-likeness (QED) is 0.271. The van der Waals surface area contributed by atoms with E-state index < -0.39 is 5.91 Å². The van der Waals surface area contributed by atoms with Crippen molar-refractivity contribution >= 4 is 12.3 Å². The molecule has 0 bridgehead atoms. The summed E-state index contributed by atoms with van der Waals surface area (Å²) in [5, 5.41) is 2.00. The molecule has 1 atom stereocenters. The van der Waals surface area contributed by atoms with E-state index in [9.17, 15) is 9.59 Å². The van der Waals surface area contributed by atoms with Crippen molar-refractivity contribution in [2.45, 2.75) is 20.1 Å². The Hall–Kier alpha value is -1.44. The summed E-state index contributed by atoms with van der Waals surface area (Å²) >= 11 is 0. The Kier molecular flexibility index (Phi) is 16.3. The highest BCUT2D eigenvalue weighted by atomic mass is 16.6. The van der Waals surface area contributed by atoms with Gasteiger partial charge in [0.2, 0.25) is 6.41 Å². The van der Waals surface area contributed by atoms with Crippen molar-refractivity contribution < 1.29 is 23.8 Å². The minimum atomic E-state index is -0.495. The lowest BCUT2D eigenvalue weighted by Gasteiger charge is -2.26. The Balaban J connectivity index is 0. The summed E-state index contributed by atoms with van der Waals surface area (Å²) in [7, 11) is 4.88. The zero-order valence-electron chi connectivity index (χ0n) is 12.9. The summed E-state index contributed by atoms with van der Waals surface area (Å²) in [4.78, 5) is 22.7. The molecule has 0 aliphatic heterocycles. The molecule has 0 fully saturated rings. The number of carbonyl (C=O) groups excluding carboxylic acids is 2. The number of nitrogens with one attached hydrogen (secondary N) is 1. The van der Waals surface area contributed by atoms with Gasteiger partial charge < -0.3 is 19.1 Å². The maximum atomic E-state index is 11.0. The summed E-state index contributed by atoms with van der Waals surface area (Å²) in [6.07, 6.45) is 2.74. The highest BCUT2D eigenvalue weighted by Crippen LogP contribution is 2.00. The Morgan fingerprint density at radius 1 is 1.25 bits per heavy atom. The molecule has 2 amide bonds. The van der Waals surface area contributed by atoms with E-state index in [4.69, 9.17) is 14.2 Å². The van der Waals surface area contributed by atoms with E-state index >= 15 is 0 Å². The third kappa shape index (κ3) is 11.6. The molecule has 0 aliphatic carbocycles. The zero-order chi connectivity index (χ0) is 15.8. The number of hydrogen-bond donors (Lipinski definition) is 1. The lowest BCUT2D eigenvalue weighted by molar-refractivity contribution is -0.121. The maximum Gasteiger partial charge on any atom is 0.251 e. The molecule has 0 aliphatic rings. The van der Waals surface area contributed by atoms with Crippen LogP contribution >= 0.6 is 0 Å². The Morgan fingerprint density at radius 2 is 1.90 bits per heavy atom. The van der Waals surface area contributed by atoms with Crippen LogP contribution in [0.5, 0.6) is 0 Å². The van der Waals surface area contributed by atoms with Gasteiger partial charge in [0.05, 0.1) is 19.8 Å². The van der Waals surface area contributed by atoms with Gasteiger partial charge in [0.15, 0.2) is 6.23 Å². The van der Waals surface area contributed by atoms with Gasteiger partial charge in [-0.05, 0) is 0 Å². The summed E-state index contributed by atoms with van der Waals surface area (Å²) in [6, 6.07) is 0. The number of amides is 2. The fraction of sp³-hybridized carbons (Fsp3) is 0.692. The van der Waals surface area contributed by atoms with Crippen LogP contribution < -0.4 is 5.32 Å². The minimum absolute atomic E-state index is 0.328. The van der Waals surface area contributed by atoms with Crippen molar-refractivity contribution in [3.05, 3.63) is 12.3 Å². The van der Waals surface area contributed by atoms with Gasteiger partial charge in [0.25, 0.3) is 5.91 Å². The second-order valence-corrected chi connectivity index (χ2v) is 3.38. The predicted octanol–water partition coefficient (Wildman–Crippen LogP) is 0.366. The van der Waals surface area contributed by atoms with Crippen LogP contribution in [0.15, 0.2) is 12.3 Å². The number of methoxy groups -OCH3 is 2. The van der Waals surface area contributed by atoms with E-state index in [1.54, 1.807) is 26.2 Å². The van der Waals surface area contributed by atoms with Gasteiger partial charge in [0, 0.05) is 33.5 Å². The van der Waals surface area contributed by atoms with E-state index in [1.807, 2.05) is 19.2 Å². The molecule has 0 aromatic rings. The molecule has 7 nitrogen and oxygen atoms in total. The second-order valence-electron chi connectivity index (χ2n) is 3.38. The number of nitrogens with zero attached hydrogens (tertiary/aromatic N) is 1. The number of rotatable bonds is 10. The molecule has 118 valence electrons. The van der Waals surface area contributed by atoms with Crippen LogP contribution in [0.4, 0.5) is 0 Å². The van der Waals surface area contributed by atoms with Crippen LogP contribution in [0.25, 0.3) is 0 Å². The van der Waals surface area contributed by atoms with Crippen LogP contribution in [0.1, 0.15) is 13.8 Å². The topological polar surface area (TPSA) is 77.1 Å². The number of imide groups is 1. The Bertz CT molecular complexity index is 271. The van der Waals surface area contributed by atoms with Crippen LogP contribution in [0.2, 0.25) is 0 Å². The maximum absolute atomic E-state index is 11.0. The highest BCUT2D eigenvalue weighted by Gasteiger charge is 2.12. The molecule has 0 rings (SSSR count). The van der Waals surface area contributed by atoms with E-state index in [2.05, 4.69) is 0 Å². The third-order valence-corrected chi connectivity index (χ3v) is 2.02. The monoisotopic (exact) mass is 290 g/mol. The van der Waals surface area contributed by atoms with Crippen molar-refractivity contribution in [3.63, 3.8) is 0 Å². The van der Waals surface area contributed by atoms with Gasteiger partial charge >= 0.3 is 0 Å². The van der Waals surface area contributed by atoms with E-state index in [0.29, 0.717) is 26.2 Å². The molecule has 0 aromatic carbocycles. The molecular weight excluding hydrogens is 264 g/mol. The van der Waals surface area contributed by atoms with Gasteiger partial charge in [-0.15, -0.1) is 0 Å². The average Bonchev–Trinajstić information content (AvgIpc) is 2.46. The number of likely N-dealkylation sites (N-methyl/N-ethyl adjacent to an activating group) is 1. The summed E-state index contributed by atoms with van der Waals surface area (Å²) in [5.41, 5.74) is 0. The molecule has 0 aromatic heterocycles. The van der Waals surface area contributed by atoms with Crippen LogP contribution in [0.3, 0.4) is 0 Å². The average molecular weight is 290 g/mol. The predicted molar refractivity (Wildman–Crippen MR) is 75.9 cm³/mol. The molecule has 0 saturated carbocycles. The molecule has 0 radical (unpaired) electrons. The molecular formula is C13H26N2O5. The molecule has 20 heavy (non-hydrogen) atoms. The molecule has 0 spiro atoms. The lowest BCUT2D eigenvalue weighted by atomic mass is 10.5. The fourth-order valence-corrected chi connectivity index (χ4v) is 1.08. The number of carbonyl (C=O) groups is 2. The minimum Gasteiger partial charge on any atom is -0.382 e. The normalized spacial score (nSPS) is 11.4. The van der Waals surface area contributed by atoms with Gasteiger partial charge in [-0.2, -0.15) is 0 Å². The fourth-order valence-electron chi connectivity index (χ4n) is 1.08. The Labute approximate surface area is 120 Å². The number of ether oxygens (including phenoxy) is 3. The SMILES string of the molecule is CC.COCCOC(COC)N(C)/C=C\C(=O)NC=O. The lowest BCUT2D eigenvalue weighted by Crippen LogP contribution is -2.35. The summed E-state index contributed by atoms with van der Waals surface area (Å²) < 4.78 is 15.4. The van der Waals surface area contributed by atoms with Crippen molar-refractivity contribution in [1.82, 2.24) is 10.2 Å². The van der Waals surface area contributed by atoms with E-state index in [-0.39, 0.29) is 6.23 Å². The molecule has 0 saturated heterocycles. The van der Waals surface area contributed by atoms with Crippen LogP contribution in [-0.4, -0.2) is 64.5 Å². The molecule has 1 N–H and O–H groups in total. The van der Waals surface area contributed by atoms with Gasteiger partial charge in [-0.25, -0.2) is 0 Å². The van der Waals surface area contributed by atoms with Crippen molar-refractivity contribution in [2.24, 2.45) is 0 Å². The van der Waals surface area contributed by atoms with E-state index in [0.717, 1.165) is 0 Å². The van der Waals surface area contributed by atoms with Gasteiger partial charge in [-0.1, -0.05) is 13.8 Å². The van der Waals surface area contributed by atoms with Crippen LogP contribution in [0, 0.1) is 0 Å². The second kappa shape index (κ2) is 15.6. The van der Waals surface area contributed by atoms with Crippen molar-refractivity contribution in [2.75, 3.05) is 41.1 Å². The van der Waals surface area contributed by atoms with Gasteiger partial charge in [0.1, 0.15) is 0 Å². The summed E-state index contributed by atoms with van der Waals surface area (Å²) in [5.74, 6) is -0.495. The largest absolute Gasteiger partial charge is 0.382 e. The molecule has 7 heteroatoms. The van der Waals surface area contributed by atoms with Crippen molar-refractivity contribution in [1.29, 1.82) is 0 Å². The first-order valence-electron chi connectivity index (χ1n) is 6.39. The smallest absolute Gasteiger partial charge is 0.251 e. The summed E-state index contributed by atoms with van der Waals surface area (Å²) in [6.45, 7) is 5.24. The van der Waals surface area contributed by atoms with Gasteiger partial charge in [-0.3, -0.25) is 14.9 Å². The van der Waals surface area contributed by atoms with Crippen LogP contribution in [-0.2, 0) is 23.8 Å². The molecule has 1 unspecified atom stereocenters. The van der Waals surface area contributed by atoms with Crippen molar-refractivity contribution in [3.8, 4) is 0 Å². The third-order valence-electron chi connectivity index (χ3n) is 2.02. The first-order chi connectivity index (χ1) is 9.65. The first kappa shape index (κ1) is 20.9. The van der Waals surface area contributed by atoms with E-state index in [1.165, 1.54) is 12.3 Å². The molecule has 0 heterocycles. The standard InChI is InChI=1S/C11H20N2O5.C2H6/c1-13(5-4-10(15)12-9-14)11(8-17-3)18-7-6-16-2;1-2/h4-5,9,11H,6-8H2,1-3H3,(H,12,14,15);1-2H3/b5-4-;. The number of hydrogen-bond acceptors (Lipinski definition) is 6. The highest BCUT2D eigenvalue weighted by molar-refractivity contribution is 5.94. The first-order valence-corrected chi connectivity index (χ1v) is 6.39. The zero-order valence-corrected chi connectivity index (χ0v) is 12.9.